The van der Waals surface area contributed by atoms with Gasteiger partial charge in [-0.3, -0.25) is 0 Å². The molecule has 1 saturated carbocycles. The number of rotatable bonds is 9. The molecule has 1 fully saturated rings. The highest BCUT2D eigenvalue weighted by atomic mass is 16.3. The van der Waals surface area contributed by atoms with Gasteiger partial charge < -0.3 is 5.11 Å². The molecule has 1 N–H and O–H groups in total. The Hall–Kier alpha value is -0.0400. The monoisotopic (exact) mass is 296 g/mol. The molecule has 1 nitrogen and oxygen atoms in total. The van der Waals surface area contributed by atoms with Crippen LogP contribution in [0.2, 0.25) is 0 Å². The van der Waals surface area contributed by atoms with Crippen molar-refractivity contribution in [1.82, 2.24) is 0 Å². The fourth-order valence-electron chi connectivity index (χ4n) is 3.86. The van der Waals surface area contributed by atoms with E-state index in [0.29, 0.717) is 5.41 Å². The fourth-order valence-corrected chi connectivity index (χ4v) is 3.86. The lowest BCUT2D eigenvalue weighted by molar-refractivity contribution is -0.0329. The molecule has 21 heavy (non-hydrogen) atoms. The van der Waals surface area contributed by atoms with Crippen LogP contribution in [0.1, 0.15) is 111 Å². The summed E-state index contributed by atoms with van der Waals surface area (Å²) >= 11 is 0. The van der Waals surface area contributed by atoms with Gasteiger partial charge in [-0.05, 0) is 43.4 Å². The first kappa shape index (κ1) is 19.0. The van der Waals surface area contributed by atoms with E-state index < -0.39 is 0 Å². The molecule has 0 spiro atoms. The summed E-state index contributed by atoms with van der Waals surface area (Å²) in [5.74, 6) is 0.802. The molecule has 0 radical (unpaired) electrons. The van der Waals surface area contributed by atoms with Crippen LogP contribution in [0.3, 0.4) is 0 Å². The smallest absolute Gasteiger partial charge is 0.0648 e. The maximum absolute atomic E-state index is 10.7. The topological polar surface area (TPSA) is 20.2 Å². The number of aliphatic hydroxyl groups is 1. The van der Waals surface area contributed by atoms with Crippen molar-refractivity contribution in [1.29, 1.82) is 0 Å². The molecule has 0 aliphatic heterocycles. The third kappa shape index (κ3) is 7.68. The molecular formula is C20H40O. The zero-order valence-corrected chi connectivity index (χ0v) is 15.2. The Morgan fingerprint density at radius 1 is 0.857 bits per heavy atom. The van der Waals surface area contributed by atoms with Crippen LogP contribution >= 0.6 is 0 Å². The molecule has 0 saturated heterocycles. The number of hydrogen-bond acceptors (Lipinski definition) is 1. The van der Waals surface area contributed by atoms with Crippen LogP contribution in [0, 0.1) is 11.3 Å². The lowest BCUT2D eigenvalue weighted by atomic mass is 9.67. The molecule has 1 aliphatic carbocycles. The van der Waals surface area contributed by atoms with Gasteiger partial charge in [0, 0.05) is 0 Å². The van der Waals surface area contributed by atoms with E-state index in [2.05, 4.69) is 27.7 Å². The first-order valence-corrected chi connectivity index (χ1v) is 9.60. The molecule has 0 aromatic carbocycles. The second kappa shape index (κ2) is 9.18. The summed E-state index contributed by atoms with van der Waals surface area (Å²) in [6.45, 7) is 9.32. The van der Waals surface area contributed by atoms with E-state index in [0.717, 1.165) is 25.2 Å². The highest BCUT2D eigenvalue weighted by Crippen LogP contribution is 2.43. The number of unbranched alkanes of at least 4 members (excludes halogenated alkanes) is 7. The van der Waals surface area contributed by atoms with Gasteiger partial charge in [-0.25, -0.2) is 0 Å². The lowest BCUT2D eigenvalue weighted by Gasteiger charge is -2.41. The average Bonchev–Trinajstić information content (AvgIpc) is 2.41. The van der Waals surface area contributed by atoms with Gasteiger partial charge in [0.1, 0.15) is 0 Å². The fraction of sp³-hybridized carbons (Fsp3) is 1.00. The summed E-state index contributed by atoms with van der Waals surface area (Å²) in [6, 6.07) is 0. The minimum atomic E-state index is -0.329. The van der Waals surface area contributed by atoms with Gasteiger partial charge in [0.2, 0.25) is 0 Å². The Bertz CT molecular complexity index is 256. The molecule has 0 amide bonds. The van der Waals surface area contributed by atoms with Crippen molar-refractivity contribution in [3.05, 3.63) is 0 Å². The molecule has 1 aliphatic rings. The Morgan fingerprint density at radius 3 is 1.81 bits per heavy atom. The van der Waals surface area contributed by atoms with Crippen molar-refractivity contribution < 1.29 is 5.11 Å². The van der Waals surface area contributed by atoms with E-state index >= 15 is 0 Å². The summed E-state index contributed by atoms with van der Waals surface area (Å²) in [7, 11) is 0. The Kier molecular flexibility index (Phi) is 8.31. The molecule has 126 valence electrons. The van der Waals surface area contributed by atoms with E-state index in [9.17, 15) is 5.11 Å². The lowest BCUT2D eigenvalue weighted by Crippen LogP contribution is -2.37. The molecule has 0 unspecified atom stereocenters. The van der Waals surface area contributed by atoms with Crippen LogP contribution in [0.15, 0.2) is 0 Å². The molecule has 1 heteroatoms. The van der Waals surface area contributed by atoms with Crippen molar-refractivity contribution in [3.63, 3.8) is 0 Å². The van der Waals surface area contributed by atoms with Gasteiger partial charge in [-0.1, -0.05) is 79.1 Å². The molecular weight excluding hydrogens is 256 g/mol. The highest BCUT2D eigenvalue weighted by Gasteiger charge is 2.36. The summed E-state index contributed by atoms with van der Waals surface area (Å²) in [4.78, 5) is 0. The van der Waals surface area contributed by atoms with Crippen molar-refractivity contribution in [2.45, 2.75) is 117 Å². The summed E-state index contributed by atoms with van der Waals surface area (Å²) < 4.78 is 0. The van der Waals surface area contributed by atoms with Crippen molar-refractivity contribution in [3.8, 4) is 0 Å². The van der Waals surface area contributed by atoms with Crippen LogP contribution in [0.4, 0.5) is 0 Å². The third-order valence-electron chi connectivity index (χ3n) is 5.64. The van der Waals surface area contributed by atoms with Gasteiger partial charge in [-0.15, -0.1) is 0 Å². The molecule has 0 aromatic heterocycles. The molecule has 1 rings (SSSR count). The predicted octanol–water partition coefficient (Wildman–Crippen LogP) is 6.48. The minimum absolute atomic E-state index is 0.329. The minimum Gasteiger partial charge on any atom is -0.390 e. The first-order valence-electron chi connectivity index (χ1n) is 9.60. The normalized spacial score (nSPS) is 27.0. The van der Waals surface area contributed by atoms with Crippen LogP contribution in [-0.2, 0) is 0 Å². The zero-order valence-electron chi connectivity index (χ0n) is 15.2. The highest BCUT2D eigenvalue weighted by molar-refractivity contribution is 4.89. The SMILES string of the molecule is CCCCCCCCCCC1(O)CCC(C(C)(C)C)CC1. The zero-order chi connectivity index (χ0) is 15.8. The average molecular weight is 297 g/mol. The maximum Gasteiger partial charge on any atom is 0.0648 e. The Balaban J connectivity index is 2.07. The summed E-state index contributed by atoms with van der Waals surface area (Å²) in [5.41, 5.74) is 0.0871. The van der Waals surface area contributed by atoms with Crippen molar-refractivity contribution in [2.75, 3.05) is 0 Å². The van der Waals surface area contributed by atoms with E-state index in [1.807, 2.05) is 0 Å². The van der Waals surface area contributed by atoms with E-state index in [1.54, 1.807) is 0 Å². The summed E-state index contributed by atoms with van der Waals surface area (Å²) in [6.07, 6.45) is 16.4. The van der Waals surface area contributed by atoms with Crippen molar-refractivity contribution in [2.24, 2.45) is 11.3 Å². The number of hydrogen-bond donors (Lipinski definition) is 1. The van der Waals surface area contributed by atoms with E-state index in [-0.39, 0.29) is 5.60 Å². The van der Waals surface area contributed by atoms with Gasteiger partial charge >= 0.3 is 0 Å². The maximum atomic E-state index is 10.7. The second-order valence-electron chi connectivity index (χ2n) is 8.59. The van der Waals surface area contributed by atoms with Crippen LogP contribution in [-0.4, -0.2) is 10.7 Å². The molecule has 0 heterocycles. The third-order valence-corrected chi connectivity index (χ3v) is 5.64. The van der Waals surface area contributed by atoms with E-state index in [4.69, 9.17) is 0 Å². The standard InChI is InChI=1S/C20H40O/c1-5-6-7-8-9-10-11-12-15-20(21)16-13-18(14-17-20)19(2,3)4/h18,21H,5-17H2,1-4H3. The van der Waals surface area contributed by atoms with Crippen LogP contribution in [0.25, 0.3) is 0 Å². The van der Waals surface area contributed by atoms with Gasteiger partial charge in [0.05, 0.1) is 5.60 Å². The Morgan fingerprint density at radius 2 is 1.33 bits per heavy atom. The van der Waals surface area contributed by atoms with Gasteiger partial charge in [0.15, 0.2) is 0 Å². The van der Waals surface area contributed by atoms with Crippen LogP contribution < -0.4 is 0 Å². The largest absolute Gasteiger partial charge is 0.390 e. The van der Waals surface area contributed by atoms with Crippen LogP contribution in [0.5, 0.6) is 0 Å². The van der Waals surface area contributed by atoms with Gasteiger partial charge in [0.25, 0.3) is 0 Å². The second-order valence-corrected chi connectivity index (χ2v) is 8.59. The Labute approximate surface area is 133 Å². The predicted molar refractivity (Wildman–Crippen MR) is 93.6 cm³/mol. The van der Waals surface area contributed by atoms with E-state index in [1.165, 1.54) is 64.2 Å². The first-order chi connectivity index (χ1) is 9.87. The molecule has 0 aromatic rings. The molecule has 0 bridgehead atoms. The van der Waals surface area contributed by atoms with Gasteiger partial charge in [-0.2, -0.15) is 0 Å². The quantitative estimate of drug-likeness (QED) is 0.482. The summed E-state index contributed by atoms with van der Waals surface area (Å²) in [5, 5.41) is 10.7. The van der Waals surface area contributed by atoms with Crippen molar-refractivity contribution >= 4 is 0 Å². The molecule has 0 atom stereocenters.